The molecular weight excluding hydrogens is 279 g/mol. The summed E-state index contributed by atoms with van der Waals surface area (Å²) < 4.78 is 37.4. The number of hydrogen-bond acceptors (Lipinski definition) is 3. The first kappa shape index (κ1) is 17.0. The van der Waals surface area contributed by atoms with Crippen molar-refractivity contribution in [3.63, 3.8) is 0 Å². The maximum absolute atomic E-state index is 12.5. The van der Waals surface area contributed by atoms with E-state index in [0.717, 1.165) is 6.42 Å². The molecule has 0 aromatic carbocycles. The number of rotatable bonds is 3. The lowest BCUT2D eigenvalue weighted by molar-refractivity contribution is -0.152. The Hall–Kier alpha value is -0.330. The molecule has 2 N–H and O–H groups in total. The minimum atomic E-state index is -4.10. The van der Waals surface area contributed by atoms with Gasteiger partial charge in [0.1, 0.15) is 0 Å². The summed E-state index contributed by atoms with van der Waals surface area (Å²) in [4.78, 5) is 3.89. The zero-order valence-electron chi connectivity index (χ0n) is 13.1. The van der Waals surface area contributed by atoms with Crippen molar-refractivity contribution in [3.05, 3.63) is 0 Å². The van der Waals surface area contributed by atoms with Crippen LogP contribution in [0.2, 0.25) is 0 Å². The van der Waals surface area contributed by atoms with Gasteiger partial charge in [0.2, 0.25) is 0 Å². The molecule has 0 aromatic heterocycles. The van der Waals surface area contributed by atoms with Crippen LogP contribution in [0.1, 0.15) is 33.1 Å². The normalized spacial score (nSPS) is 36.9. The highest BCUT2D eigenvalue weighted by atomic mass is 19.4. The number of alkyl halides is 3. The third kappa shape index (κ3) is 3.90. The molecule has 3 atom stereocenters. The first-order chi connectivity index (χ1) is 9.77. The third-order valence-corrected chi connectivity index (χ3v) is 5.47. The third-order valence-electron chi connectivity index (χ3n) is 5.47. The molecule has 1 saturated carbocycles. The average molecular weight is 307 g/mol. The predicted molar refractivity (Wildman–Crippen MR) is 78.0 cm³/mol. The monoisotopic (exact) mass is 307 g/mol. The summed E-state index contributed by atoms with van der Waals surface area (Å²) in [5.41, 5.74) is 6.11. The van der Waals surface area contributed by atoms with Gasteiger partial charge in [-0.25, -0.2) is 0 Å². The van der Waals surface area contributed by atoms with Gasteiger partial charge >= 0.3 is 6.18 Å². The summed E-state index contributed by atoms with van der Waals surface area (Å²) in [5.74, 6) is 1.17. The molecule has 2 aliphatic rings. The standard InChI is InChI=1S/C15H28F3N3/c1-12-3-4-13(2)14(9-12,10-19)21-7-5-20(6-8-21)11-15(16,17)18/h12-13H,3-11,19H2,1-2H3. The van der Waals surface area contributed by atoms with Crippen LogP contribution in [0.25, 0.3) is 0 Å². The molecule has 6 heteroatoms. The van der Waals surface area contributed by atoms with Gasteiger partial charge in [-0.3, -0.25) is 9.80 Å². The van der Waals surface area contributed by atoms with E-state index in [1.54, 1.807) is 0 Å². The van der Waals surface area contributed by atoms with E-state index in [1.807, 2.05) is 0 Å². The molecule has 1 aliphatic heterocycles. The first-order valence-corrected chi connectivity index (χ1v) is 8.01. The van der Waals surface area contributed by atoms with Gasteiger partial charge in [0.15, 0.2) is 0 Å². The number of nitrogens with two attached hydrogens (primary N) is 1. The van der Waals surface area contributed by atoms with Crippen molar-refractivity contribution in [3.8, 4) is 0 Å². The van der Waals surface area contributed by atoms with Crippen molar-refractivity contribution in [2.45, 2.75) is 44.8 Å². The molecule has 124 valence electrons. The molecule has 1 saturated heterocycles. The van der Waals surface area contributed by atoms with Crippen LogP contribution in [-0.4, -0.2) is 60.8 Å². The van der Waals surface area contributed by atoms with E-state index >= 15 is 0 Å². The molecule has 2 rings (SSSR count). The van der Waals surface area contributed by atoms with Gasteiger partial charge < -0.3 is 5.73 Å². The second-order valence-electron chi connectivity index (χ2n) is 6.97. The molecule has 21 heavy (non-hydrogen) atoms. The lowest BCUT2D eigenvalue weighted by atomic mass is 9.68. The van der Waals surface area contributed by atoms with Gasteiger partial charge in [0, 0.05) is 38.3 Å². The van der Waals surface area contributed by atoms with Crippen molar-refractivity contribution < 1.29 is 13.2 Å². The summed E-state index contributed by atoms with van der Waals surface area (Å²) in [6, 6.07) is 0. The maximum Gasteiger partial charge on any atom is 0.401 e. The highest BCUT2D eigenvalue weighted by Crippen LogP contribution is 2.41. The van der Waals surface area contributed by atoms with Gasteiger partial charge in [0.25, 0.3) is 0 Å². The van der Waals surface area contributed by atoms with Crippen LogP contribution >= 0.6 is 0 Å². The molecule has 0 spiro atoms. The van der Waals surface area contributed by atoms with Crippen molar-refractivity contribution in [1.82, 2.24) is 9.80 Å². The topological polar surface area (TPSA) is 32.5 Å². The van der Waals surface area contributed by atoms with Crippen molar-refractivity contribution in [2.75, 3.05) is 39.3 Å². The Morgan fingerprint density at radius 2 is 1.71 bits per heavy atom. The predicted octanol–water partition coefficient (Wildman–Crippen LogP) is 2.32. The molecule has 1 heterocycles. The van der Waals surface area contributed by atoms with E-state index in [0.29, 0.717) is 44.6 Å². The SMILES string of the molecule is CC1CCC(C)C(CN)(N2CCN(CC(F)(F)F)CC2)C1. The van der Waals surface area contributed by atoms with Crippen molar-refractivity contribution >= 4 is 0 Å². The number of nitrogens with zero attached hydrogens (tertiary/aromatic N) is 2. The van der Waals surface area contributed by atoms with E-state index in [9.17, 15) is 13.2 Å². The minimum absolute atomic E-state index is 0.0119. The second-order valence-corrected chi connectivity index (χ2v) is 6.97. The van der Waals surface area contributed by atoms with Crippen LogP contribution in [0.3, 0.4) is 0 Å². The van der Waals surface area contributed by atoms with Crippen LogP contribution in [0, 0.1) is 11.8 Å². The summed E-state index contributed by atoms with van der Waals surface area (Å²) in [7, 11) is 0. The summed E-state index contributed by atoms with van der Waals surface area (Å²) in [6.07, 6.45) is -0.623. The van der Waals surface area contributed by atoms with E-state index in [2.05, 4.69) is 18.7 Å². The molecule has 3 nitrogen and oxygen atoms in total. The van der Waals surface area contributed by atoms with Crippen LogP contribution in [-0.2, 0) is 0 Å². The Kier molecular flexibility index (Phi) is 5.21. The van der Waals surface area contributed by atoms with Crippen molar-refractivity contribution in [1.29, 1.82) is 0 Å². The van der Waals surface area contributed by atoms with Gasteiger partial charge in [-0.1, -0.05) is 20.3 Å². The van der Waals surface area contributed by atoms with Gasteiger partial charge in [-0.2, -0.15) is 13.2 Å². The molecule has 3 unspecified atom stereocenters. The average Bonchev–Trinajstić information content (AvgIpc) is 2.41. The molecule has 1 aliphatic carbocycles. The van der Waals surface area contributed by atoms with E-state index < -0.39 is 12.7 Å². The zero-order chi connectivity index (χ0) is 15.7. The molecule has 2 fully saturated rings. The van der Waals surface area contributed by atoms with Crippen molar-refractivity contribution in [2.24, 2.45) is 17.6 Å². The van der Waals surface area contributed by atoms with E-state index in [-0.39, 0.29) is 5.54 Å². The lowest BCUT2D eigenvalue weighted by Gasteiger charge is -2.54. The smallest absolute Gasteiger partial charge is 0.329 e. The summed E-state index contributed by atoms with van der Waals surface area (Å²) in [5, 5.41) is 0. The quantitative estimate of drug-likeness (QED) is 0.868. The maximum atomic E-state index is 12.5. The fraction of sp³-hybridized carbons (Fsp3) is 1.00. The lowest BCUT2D eigenvalue weighted by Crippen LogP contribution is -2.65. The number of piperazine rings is 1. The zero-order valence-corrected chi connectivity index (χ0v) is 13.1. The largest absolute Gasteiger partial charge is 0.401 e. The van der Waals surface area contributed by atoms with E-state index in [1.165, 1.54) is 17.7 Å². The first-order valence-electron chi connectivity index (χ1n) is 8.01. The molecule has 0 bridgehead atoms. The Morgan fingerprint density at radius 3 is 2.24 bits per heavy atom. The summed E-state index contributed by atoms with van der Waals surface area (Å²) >= 11 is 0. The fourth-order valence-corrected chi connectivity index (χ4v) is 4.17. The van der Waals surface area contributed by atoms with Crippen LogP contribution < -0.4 is 5.73 Å². The van der Waals surface area contributed by atoms with E-state index in [4.69, 9.17) is 5.73 Å². The Morgan fingerprint density at radius 1 is 1.10 bits per heavy atom. The fourth-order valence-electron chi connectivity index (χ4n) is 4.17. The molecular formula is C15H28F3N3. The van der Waals surface area contributed by atoms with Crippen LogP contribution in [0.4, 0.5) is 13.2 Å². The Bertz CT molecular complexity index is 340. The van der Waals surface area contributed by atoms with Crippen LogP contribution in [0.15, 0.2) is 0 Å². The highest BCUT2D eigenvalue weighted by molar-refractivity contribution is 5.01. The Balaban J connectivity index is 1.99. The highest BCUT2D eigenvalue weighted by Gasteiger charge is 2.45. The van der Waals surface area contributed by atoms with Crippen LogP contribution in [0.5, 0.6) is 0 Å². The van der Waals surface area contributed by atoms with Gasteiger partial charge in [-0.15, -0.1) is 0 Å². The molecule has 0 aromatic rings. The van der Waals surface area contributed by atoms with Gasteiger partial charge in [0.05, 0.1) is 6.54 Å². The minimum Gasteiger partial charge on any atom is -0.329 e. The number of hydrogen-bond donors (Lipinski definition) is 1. The Labute approximate surface area is 125 Å². The molecule has 0 radical (unpaired) electrons. The second kappa shape index (κ2) is 6.42. The summed E-state index contributed by atoms with van der Waals surface area (Å²) in [6.45, 7) is 6.70. The number of halogens is 3. The van der Waals surface area contributed by atoms with Gasteiger partial charge in [-0.05, 0) is 24.7 Å². The molecule has 0 amide bonds.